The molecule has 1 atom stereocenters. The van der Waals surface area contributed by atoms with E-state index in [1.165, 1.54) is 0 Å². The Hall–Kier alpha value is -1.10. The summed E-state index contributed by atoms with van der Waals surface area (Å²) in [5, 5.41) is 4.01. The third-order valence-electron chi connectivity index (χ3n) is 3.82. The summed E-state index contributed by atoms with van der Waals surface area (Å²) in [4.78, 5) is 16.4. The summed E-state index contributed by atoms with van der Waals surface area (Å²) >= 11 is 6.17. The summed E-state index contributed by atoms with van der Waals surface area (Å²) in [6.07, 6.45) is 0. The van der Waals surface area contributed by atoms with Gasteiger partial charge in [0.05, 0.1) is 6.04 Å². The molecule has 2 rings (SSSR count). The van der Waals surface area contributed by atoms with E-state index in [4.69, 9.17) is 11.6 Å². The first kappa shape index (κ1) is 15.3. The summed E-state index contributed by atoms with van der Waals surface area (Å²) in [6, 6.07) is 7.64. The lowest BCUT2D eigenvalue weighted by Crippen LogP contribution is -2.52. The smallest absolute Gasteiger partial charge is 0.239 e. The molecule has 110 valence electrons. The summed E-state index contributed by atoms with van der Waals surface area (Å²) in [7, 11) is 1.97. The number of hydrogen-bond donors (Lipinski definition) is 1. The highest BCUT2D eigenvalue weighted by Crippen LogP contribution is 2.17. The van der Waals surface area contributed by atoms with E-state index in [1.54, 1.807) is 0 Å². The topological polar surface area (TPSA) is 35.6 Å². The van der Waals surface area contributed by atoms with Gasteiger partial charge >= 0.3 is 0 Å². The fourth-order valence-electron chi connectivity index (χ4n) is 2.37. The van der Waals surface area contributed by atoms with Gasteiger partial charge in [0.2, 0.25) is 5.91 Å². The van der Waals surface area contributed by atoms with Crippen molar-refractivity contribution < 1.29 is 4.79 Å². The minimum atomic E-state index is -0.135. The molecule has 1 amide bonds. The van der Waals surface area contributed by atoms with Crippen LogP contribution in [-0.4, -0.2) is 55.0 Å². The maximum absolute atomic E-state index is 12.4. The average Bonchev–Trinajstić information content (AvgIpc) is 2.49. The number of nitrogens with zero attached hydrogens (tertiary/aromatic N) is 2. The largest absolute Gasteiger partial charge is 0.339 e. The number of rotatable bonds is 4. The molecule has 0 saturated carbocycles. The maximum Gasteiger partial charge on any atom is 0.239 e. The van der Waals surface area contributed by atoms with Crippen molar-refractivity contribution in [2.75, 3.05) is 33.2 Å². The van der Waals surface area contributed by atoms with E-state index in [9.17, 15) is 4.79 Å². The Kier molecular flexibility index (Phi) is 5.40. The first-order chi connectivity index (χ1) is 9.59. The van der Waals surface area contributed by atoms with Gasteiger partial charge in [-0.2, -0.15) is 0 Å². The maximum atomic E-state index is 12.4. The Morgan fingerprint density at radius 3 is 2.70 bits per heavy atom. The number of halogens is 1. The van der Waals surface area contributed by atoms with Gasteiger partial charge in [-0.05, 0) is 25.6 Å². The zero-order valence-electron chi connectivity index (χ0n) is 12.1. The molecule has 0 radical (unpaired) electrons. The molecule has 0 aromatic heterocycles. The SMILES string of the molecule is CC(C(=O)N1CCNCC1)N(C)Cc1ccccc1Cl. The molecule has 1 aliphatic heterocycles. The van der Waals surface area contributed by atoms with Crippen LogP contribution in [0.15, 0.2) is 24.3 Å². The second-order valence-electron chi connectivity index (χ2n) is 5.26. The lowest BCUT2D eigenvalue weighted by molar-refractivity contribution is -0.136. The van der Waals surface area contributed by atoms with Crippen LogP contribution in [0.3, 0.4) is 0 Å². The quantitative estimate of drug-likeness (QED) is 0.916. The van der Waals surface area contributed by atoms with Gasteiger partial charge in [-0.3, -0.25) is 9.69 Å². The first-order valence-corrected chi connectivity index (χ1v) is 7.40. The van der Waals surface area contributed by atoms with Gasteiger partial charge in [0.1, 0.15) is 0 Å². The molecule has 1 unspecified atom stereocenters. The van der Waals surface area contributed by atoms with Gasteiger partial charge in [-0.25, -0.2) is 0 Å². The third-order valence-corrected chi connectivity index (χ3v) is 4.19. The van der Waals surface area contributed by atoms with Crippen LogP contribution in [-0.2, 0) is 11.3 Å². The average molecular weight is 296 g/mol. The fourth-order valence-corrected chi connectivity index (χ4v) is 2.57. The number of likely N-dealkylation sites (N-methyl/N-ethyl adjacent to an activating group) is 1. The van der Waals surface area contributed by atoms with Gasteiger partial charge in [0.25, 0.3) is 0 Å². The van der Waals surface area contributed by atoms with E-state index in [-0.39, 0.29) is 11.9 Å². The summed E-state index contributed by atoms with van der Waals surface area (Å²) in [5.41, 5.74) is 1.05. The predicted octanol–water partition coefficient (Wildman–Crippen LogP) is 1.59. The molecule has 0 aliphatic carbocycles. The van der Waals surface area contributed by atoms with Gasteiger partial charge in [-0.15, -0.1) is 0 Å². The second-order valence-corrected chi connectivity index (χ2v) is 5.66. The minimum Gasteiger partial charge on any atom is -0.339 e. The van der Waals surface area contributed by atoms with Crippen LogP contribution < -0.4 is 5.32 Å². The predicted molar refractivity (Wildman–Crippen MR) is 81.8 cm³/mol. The molecule has 5 heteroatoms. The van der Waals surface area contributed by atoms with Crippen molar-refractivity contribution in [1.29, 1.82) is 0 Å². The van der Waals surface area contributed by atoms with Crippen LogP contribution in [0.25, 0.3) is 0 Å². The van der Waals surface area contributed by atoms with Crippen molar-refractivity contribution in [1.82, 2.24) is 15.1 Å². The molecular weight excluding hydrogens is 274 g/mol. The highest BCUT2D eigenvalue weighted by molar-refractivity contribution is 6.31. The van der Waals surface area contributed by atoms with E-state index in [1.807, 2.05) is 48.0 Å². The Morgan fingerprint density at radius 1 is 1.40 bits per heavy atom. The number of nitrogens with one attached hydrogen (secondary N) is 1. The number of carbonyl (C=O) groups is 1. The van der Waals surface area contributed by atoms with Gasteiger partial charge < -0.3 is 10.2 Å². The second kappa shape index (κ2) is 7.07. The Balaban J connectivity index is 1.95. The van der Waals surface area contributed by atoms with Crippen molar-refractivity contribution in [2.45, 2.75) is 19.5 Å². The molecule has 1 aliphatic rings. The normalized spacial score (nSPS) is 17.3. The van der Waals surface area contributed by atoms with Gasteiger partial charge in [0.15, 0.2) is 0 Å². The van der Waals surface area contributed by atoms with Crippen molar-refractivity contribution in [3.05, 3.63) is 34.9 Å². The highest BCUT2D eigenvalue weighted by atomic mass is 35.5. The Bertz CT molecular complexity index is 460. The number of piperazine rings is 1. The summed E-state index contributed by atoms with van der Waals surface area (Å²) in [6.45, 7) is 5.99. The number of benzene rings is 1. The van der Waals surface area contributed by atoms with Crippen LogP contribution in [0.5, 0.6) is 0 Å². The zero-order chi connectivity index (χ0) is 14.5. The van der Waals surface area contributed by atoms with Gasteiger partial charge in [0, 0.05) is 37.7 Å². The monoisotopic (exact) mass is 295 g/mol. The third kappa shape index (κ3) is 3.72. The zero-order valence-corrected chi connectivity index (χ0v) is 12.9. The molecule has 20 heavy (non-hydrogen) atoms. The molecule has 1 heterocycles. The van der Waals surface area contributed by atoms with Crippen molar-refractivity contribution in [3.63, 3.8) is 0 Å². The van der Waals surface area contributed by atoms with Crippen molar-refractivity contribution in [2.24, 2.45) is 0 Å². The molecule has 1 aromatic carbocycles. The van der Waals surface area contributed by atoms with E-state index >= 15 is 0 Å². The van der Waals surface area contributed by atoms with Crippen LogP contribution in [0.2, 0.25) is 5.02 Å². The van der Waals surface area contributed by atoms with Crippen LogP contribution in [0.4, 0.5) is 0 Å². The molecule has 4 nitrogen and oxygen atoms in total. The molecule has 1 saturated heterocycles. The van der Waals surface area contributed by atoms with Crippen LogP contribution >= 0.6 is 11.6 Å². The standard InChI is InChI=1S/C15H22ClN3O/c1-12(15(20)19-9-7-17-8-10-19)18(2)11-13-5-3-4-6-14(13)16/h3-6,12,17H,7-11H2,1-2H3. The Labute approximate surface area is 125 Å². The highest BCUT2D eigenvalue weighted by Gasteiger charge is 2.25. The van der Waals surface area contributed by atoms with Crippen molar-refractivity contribution >= 4 is 17.5 Å². The molecular formula is C15H22ClN3O. The van der Waals surface area contributed by atoms with Crippen LogP contribution in [0, 0.1) is 0 Å². The molecule has 1 fully saturated rings. The minimum absolute atomic E-state index is 0.135. The lowest BCUT2D eigenvalue weighted by Gasteiger charge is -2.33. The van der Waals surface area contributed by atoms with Crippen molar-refractivity contribution in [3.8, 4) is 0 Å². The molecule has 0 bridgehead atoms. The van der Waals surface area contributed by atoms with Gasteiger partial charge in [-0.1, -0.05) is 29.8 Å². The lowest BCUT2D eigenvalue weighted by atomic mass is 10.1. The number of amides is 1. The van der Waals surface area contributed by atoms with E-state index in [0.29, 0.717) is 6.54 Å². The van der Waals surface area contributed by atoms with Crippen LogP contribution in [0.1, 0.15) is 12.5 Å². The molecule has 1 N–H and O–H groups in total. The fraction of sp³-hybridized carbons (Fsp3) is 0.533. The first-order valence-electron chi connectivity index (χ1n) is 7.02. The Morgan fingerprint density at radius 2 is 2.05 bits per heavy atom. The van der Waals surface area contributed by atoms with E-state index < -0.39 is 0 Å². The van der Waals surface area contributed by atoms with E-state index in [0.717, 1.165) is 36.8 Å². The summed E-state index contributed by atoms with van der Waals surface area (Å²) in [5.74, 6) is 0.195. The number of carbonyl (C=O) groups excluding carboxylic acids is 1. The molecule has 1 aromatic rings. The summed E-state index contributed by atoms with van der Waals surface area (Å²) < 4.78 is 0. The number of hydrogen-bond acceptors (Lipinski definition) is 3. The van der Waals surface area contributed by atoms with E-state index in [2.05, 4.69) is 5.32 Å². The molecule has 0 spiro atoms.